The van der Waals surface area contributed by atoms with Crippen molar-refractivity contribution in [2.24, 2.45) is 11.8 Å². The summed E-state index contributed by atoms with van der Waals surface area (Å²) in [5, 5.41) is 9.71. The summed E-state index contributed by atoms with van der Waals surface area (Å²) in [4.78, 5) is 0. The number of aromatic amines is 1. The van der Waals surface area contributed by atoms with Gasteiger partial charge >= 0.3 is 0 Å². The molecule has 148 valence electrons. The minimum absolute atomic E-state index is 0.393. The Kier molecular flexibility index (Phi) is 5.47. The van der Waals surface area contributed by atoms with Gasteiger partial charge in [-0.2, -0.15) is 5.10 Å². The number of aromatic nitrogens is 2. The first kappa shape index (κ1) is 19.1. The first-order valence-electron chi connectivity index (χ1n) is 10.5. The van der Waals surface area contributed by atoms with Gasteiger partial charge in [0.2, 0.25) is 0 Å². The molecular formula is C24H28F2N2. The van der Waals surface area contributed by atoms with E-state index in [1.165, 1.54) is 43.7 Å². The van der Waals surface area contributed by atoms with Crippen LogP contribution >= 0.6 is 0 Å². The molecule has 1 N–H and O–H groups in total. The average molecular weight is 382 g/mol. The molecule has 0 radical (unpaired) electrons. The molecule has 1 fully saturated rings. The van der Waals surface area contributed by atoms with Crippen LogP contribution in [0, 0.1) is 23.5 Å². The number of rotatable bonds is 4. The van der Waals surface area contributed by atoms with Crippen LogP contribution in [0.5, 0.6) is 0 Å². The number of fused-ring (bicyclic) bond motifs is 1. The molecule has 4 heteroatoms. The summed E-state index contributed by atoms with van der Waals surface area (Å²) in [6, 6.07) is 3.03. The predicted octanol–water partition coefficient (Wildman–Crippen LogP) is 5.02. The summed E-state index contributed by atoms with van der Waals surface area (Å²) in [6.07, 6.45) is 14.1. The molecule has 1 saturated carbocycles. The highest BCUT2D eigenvalue weighted by Crippen LogP contribution is 2.35. The average Bonchev–Trinajstić information content (AvgIpc) is 3.02. The molecule has 2 nitrogen and oxygen atoms in total. The third-order valence-corrected chi connectivity index (χ3v) is 6.52. The van der Waals surface area contributed by atoms with Gasteiger partial charge in [-0.25, -0.2) is 8.78 Å². The van der Waals surface area contributed by atoms with E-state index in [0.717, 1.165) is 22.7 Å². The fourth-order valence-corrected chi connectivity index (χ4v) is 4.84. The van der Waals surface area contributed by atoms with Crippen LogP contribution < -0.4 is 10.6 Å². The lowest BCUT2D eigenvalue weighted by Gasteiger charge is -2.29. The van der Waals surface area contributed by atoms with Crippen molar-refractivity contribution in [3.63, 3.8) is 0 Å². The SMILES string of the molecule is CCc1cc(-c2n[nH]c3c2=C(C(C)C2CCCCC2)CC=CC=3)cc(F)c1F. The third kappa shape index (κ3) is 3.45. The highest BCUT2D eigenvalue weighted by molar-refractivity contribution is 5.68. The Bertz CT molecular complexity index is 1010. The number of halogens is 2. The molecule has 0 spiro atoms. The van der Waals surface area contributed by atoms with Crippen LogP contribution in [-0.2, 0) is 6.42 Å². The number of nitrogens with one attached hydrogen (secondary N) is 1. The Hall–Kier alpha value is -2.23. The van der Waals surface area contributed by atoms with E-state index in [0.29, 0.717) is 29.4 Å². The molecule has 1 heterocycles. The third-order valence-electron chi connectivity index (χ3n) is 6.52. The number of H-pyrrole nitrogens is 1. The van der Waals surface area contributed by atoms with E-state index >= 15 is 0 Å². The van der Waals surface area contributed by atoms with Crippen molar-refractivity contribution >= 4 is 11.6 Å². The van der Waals surface area contributed by atoms with Gasteiger partial charge in [-0.3, -0.25) is 5.10 Å². The van der Waals surface area contributed by atoms with Gasteiger partial charge in [-0.15, -0.1) is 0 Å². The van der Waals surface area contributed by atoms with Crippen molar-refractivity contribution in [2.45, 2.75) is 58.8 Å². The summed E-state index contributed by atoms with van der Waals surface area (Å²) in [6.45, 7) is 4.17. The van der Waals surface area contributed by atoms with Gasteiger partial charge in [-0.05, 0) is 61.3 Å². The van der Waals surface area contributed by atoms with E-state index in [-0.39, 0.29) is 0 Å². The molecular weight excluding hydrogens is 354 g/mol. The largest absolute Gasteiger partial charge is 0.277 e. The van der Waals surface area contributed by atoms with Gasteiger partial charge in [0.05, 0.1) is 11.0 Å². The van der Waals surface area contributed by atoms with Crippen LogP contribution in [0.1, 0.15) is 57.9 Å². The molecule has 28 heavy (non-hydrogen) atoms. The first-order valence-corrected chi connectivity index (χ1v) is 10.5. The van der Waals surface area contributed by atoms with Gasteiger partial charge < -0.3 is 0 Å². The lowest BCUT2D eigenvalue weighted by Crippen LogP contribution is -2.30. The van der Waals surface area contributed by atoms with Gasteiger partial charge in [-0.1, -0.05) is 50.8 Å². The number of allylic oxidation sites excluding steroid dienone is 2. The fraction of sp³-hybridized carbons (Fsp3) is 0.458. The summed E-state index contributed by atoms with van der Waals surface area (Å²) < 4.78 is 28.3. The van der Waals surface area contributed by atoms with Crippen molar-refractivity contribution < 1.29 is 8.78 Å². The van der Waals surface area contributed by atoms with Crippen LogP contribution in [0.15, 0.2) is 24.3 Å². The Balaban J connectivity index is 1.90. The summed E-state index contributed by atoms with van der Waals surface area (Å²) >= 11 is 0. The normalized spacial score (nSPS) is 18.5. The van der Waals surface area contributed by atoms with Gasteiger partial charge in [0.1, 0.15) is 0 Å². The highest BCUT2D eigenvalue weighted by Gasteiger charge is 2.25. The molecule has 0 bridgehead atoms. The first-order chi connectivity index (χ1) is 13.6. The lowest BCUT2D eigenvalue weighted by atomic mass is 9.76. The second kappa shape index (κ2) is 8.02. The van der Waals surface area contributed by atoms with E-state index in [2.05, 4.69) is 29.3 Å². The Morgan fingerprint density at radius 1 is 1.18 bits per heavy atom. The maximum Gasteiger partial charge on any atom is 0.162 e. The summed E-state index contributed by atoms with van der Waals surface area (Å²) in [5.74, 6) is -0.422. The van der Waals surface area contributed by atoms with Gasteiger partial charge in [0, 0.05) is 10.8 Å². The molecule has 0 amide bonds. The molecule has 1 atom stereocenters. The highest BCUT2D eigenvalue weighted by atomic mass is 19.2. The molecule has 2 aliphatic carbocycles. The lowest BCUT2D eigenvalue weighted by molar-refractivity contribution is 0.303. The Morgan fingerprint density at radius 2 is 1.96 bits per heavy atom. The topological polar surface area (TPSA) is 28.7 Å². The number of benzene rings is 1. The second-order valence-electron chi connectivity index (χ2n) is 8.16. The number of nitrogens with zero attached hydrogens (tertiary/aromatic N) is 1. The maximum atomic E-state index is 14.2. The molecule has 1 aromatic heterocycles. The zero-order valence-corrected chi connectivity index (χ0v) is 16.7. The second-order valence-corrected chi connectivity index (χ2v) is 8.16. The number of hydrogen-bond donors (Lipinski definition) is 1. The van der Waals surface area contributed by atoms with E-state index in [1.807, 2.05) is 13.0 Å². The zero-order valence-electron chi connectivity index (χ0n) is 16.7. The number of hydrogen-bond acceptors (Lipinski definition) is 1. The molecule has 1 aromatic carbocycles. The van der Waals surface area contributed by atoms with Crippen LogP contribution in [0.3, 0.4) is 0 Å². The summed E-state index contributed by atoms with van der Waals surface area (Å²) in [7, 11) is 0. The molecule has 4 rings (SSSR count). The monoisotopic (exact) mass is 382 g/mol. The van der Waals surface area contributed by atoms with Crippen LogP contribution in [0.2, 0.25) is 0 Å². The quantitative estimate of drug-likeness (QED) is 0.790. The molecule has 2 aromatic rings. The predicted molar refractivity (Wildman–Crippen MR) is 110 cm³/mol. The van der Waals surface area contributed by atoms with Gasteiger partial charge in [0.25, 0.3) is 0 Å². The molecule has 0 aliphatic heterocycles. The Labute approximate surface area is 165 Å². The van der Waals surface area contributed by atoms with Crippen molar-refractivity contribution in [3.05, 3.63) is 52.1 Å². The van der Waals surface area contributed by atoms with E-state index in [1.54, 1.807) is 6.07 Å². The standard InChI is InChI=1S/C24H28F2N2/c1-3-16-13-18(14-20(25)23(16)26)24-22-19(11-7-8-12-21(22)27-28-24)15(2)17-9-5-4-6-10-17/h7-8,12-15,17,27H,3-6,9-11H2,1-2H3. The maximum absolute atomic E-state index is 14.2. The molecule has 1 unspecified atom stereocenters. The Morgan fingerprint density at radius 3 is 2.71 bits per heavy atom. The van der Waals surface area contributed by atoms with Crippen molar-refractivity contribution in [1.82, 2.24) is 10.2 Å². The van der Waals surface area contributed by atoms with Gasteiger partial charge in [0.15, 0.2) is 11.6 Å². The summed E-state index contributed by atoms with van der Waals surface area (Å²) in [5.41, 5.74) is 3.14. The molecule has 0 saturated heterocycles. The molecule has 2 aliphatic rings. The zero-order chi connectivity index (χ0) is 19.7. The van der Waals surface area contributed by atoms with Crippen LogP contribution in [0.4, 0.5) is 8.78 Å². The van der Waals surface area contributed by atoms with E-state index in [9.17, 15) is 8.78 Å². The van der Waals surface area contributed by atoms with E-state index in [4.69, 9.17) is 0 Å². The van der Waals surface area contributed by atoms with Crippen LogP contribution in [-0.4, -0.2) is 10.2 Å². The van der Waals surface area contributed by atoms with Crippen molar-refractivity contribution in [3.8, 4) is 11.3 Å². The van der Waals surface area contributed by atoms with Crippen molar-refractivity contribution in [1.29, 1.82) is 0 Å². The fourth-order valence-electron chi connectivity index (χ4n) is 4.84. The van der Waals surface area contributed by atoms with E-state index < -0.39 is 11.6 Å². The minimum Gasteiger partial charge on any atom is -0.277 e. The smallest absolute Gasteiger partial charge is 0.162 e. The van der Waals surface area contributed by atoms with Crippen LogP contribution in [0.25, 0.3) is 22.9 Å². The van der Waals surface area contributed by atoms with Crippen molar-refractivity contribution in [2.75, 3.05) is 0 Å². The minimum atomic E-state index is -0.802. The number of aryl methyl sites for hydroxylation is 1.